The molecular formula is C19H24ClN5O. The van der Waals surface area contributed by atoms with Crippen LogP contribution in [0.3, 0.4) is 0 Å². The van der Waals surface area contributed by atoms with Crippen LogP contribution < -0.4 is 11.5 Å². The van der Waals surface area contributed by atoms with Crippen molar-refractivity contribution in [3.05, 3.63) is 52.3 Å². The third kappa shape index (κ3) is 2.82. The molecule has 1 atom stereocenters. The summed E-state index contributed by atoms with van der Waals surface area (Å²) in [5.41, 5.74) is 14.5. The average molecular weight is 374 g/mol. The minimum absolute atomic E-state index is 0.0303. The van der Waals surface area contributed by atoms with E-state index in [1.165, 1.54) is 0 Å². The Morgan fingerprint density at radius 2 is 2.08 bits per heavy atom. The number of halogens is 1. The number of fused-ring (bicyclic) bond motifs is 1. The highest BCUT2D eigenvalue weighted by Gasteiger charge is 2.44. The van der Waals surface area contributed by atoms with Gasteiger partial charge in [-0.2, -0.15) is 5.10 Å². The summed E-state index contributed by atoms with van der Waals surface area (Å²) in [5.74, 6) is 0.484. The average Bonchev–Trinajstić information content (AvgIpc) is 3.06. The second-order valence-electron chi connectivity index (χ2n) is 7.67. The molecule has 0 saturated heterocycles. The Bertz CT molecular complexity index is 823. The molecule has 138 valence electrons. The van der Waals surface area contributed by atoms with Gasteiger partial charge in [0.15, 0.2) is 0 Å². The summed E-state index contributed by atoms with van der Waals surface area (Å²) in [4.78, 5) is 15.0. The standard InChI is InChI=1S/C19H24ClN5O/c1-24-17(15(20)9-23-24)6-16-13-4-2-3-5-14(13)18(26)25(16)10-12-7-19(22,8-12)11-21/h2-5,9,12,16H,6-8,10-11,21-22H2,1H3. The summed E-state index contributed by atoms with van der Waals surface area (Å²) < 4.78 is 1.79. The van der Waals surface area contributed by atoms with E-state index in [1.807, 2.05) is 36.2 Å². The largest absolute Gasteiger partial charge is 0.331 e. The predicted molar refractivity (Wildman–Crippen MR) is 101 cm³/mol. The van der Waals surface area contributed by atoms with E-state index in [0.717, 1.165) is 29.7 Å². The van der Waals surface area contributed by atoms with Gasteiger partial charge < -0.3 is 16.4 Å². The van der Waals surface area contributed by atoms with Gasteiger partial charge in [-0.25, -0.2) is 0 Å². The van der Waals surface area contributed by atoms with Crippen LogP contribution in [0, 0.1) is 5.92 Å². The minimum atomic E-state index is -0.263. The Morgan fingerprint density at radius 1 is 1.35 bits per heavy atom. The summed E-state index contributed by atoms with van der Waals surface area (Å²) >= 11 is 6.32. The molecule has 2 heterocycles. The predicted octanol–water partition coefficient (Wildman–Crippen LogP) is 1.88. The number of amides is 1. The van der Waals surface area contributed by atoms with Crippen molar-refractivity contribution in [3.8, 4) is 0 Å². The molecule has 4 rings (SSSR count). The summed E-state index contributed by atoms with van der Waals surface area (Å²) in [5, 5.41) is 4.86. The number of aryl methyl sites for hydroxylation is 1. The van der Waals surface area contributed by atoms with Crippen LogP contribution in [0.2, 0.25) is 5.02 Å². The molecule has 1 aromatic heterocycles. The first-order valence-corrected chi connectivity index (χ1v) is 9.35. The second kappa shape index (κ2) is 6.37. The third-order valence-electron chi connectivity index (χ3n) is 5.84. The van der Waals surface area contributed by atoms with E-state index in [2.05, 4.69) is 5.10 Å². The van der Waals surface area contributed by atoms with Crippen molar-refractivity contribution >= 4 is 17.5 Å². The molecule has 2 aliphatic rings. The smallest absolute Gasteiger partial charge is 0.254 e. The number of benzene rings is 1. The van der Waals surface area contributed by atoms with E-state index >= 15 is 0 Å². The zero-order valence-electron chi connectivity index (χ0n) is 14.9. The molecule has 1 aromatic carbocycles. The van der Waals surface area contributed by atoms with Crippen LogP contribution in [0.15, 0.2) is 30.5 Å². The molecule has 1 fully saturated rings. The molecule has 4 N–H and O–H groups in total. The number of aromatic nitrogens is 2. The fourth-order valence-electron chi connectivity index (χ4n) is 4.39. The normalized spacial score (nSPS) is 27.5. The number of hydrogen-bond donors (Lipinski definition) is 2. The molecule has 0 radical (unpaired) electrons. The van der Waals surface area contributed by atoms with E-state index in [0.29, 0.717) is 30.5 Å². The molecule has 7 heteroatoms. The van der Waals surface area contributed by atoms with Gasteiger partial charge in [0.2, 0.25) is 0 Å². The maximum Gasteiger partial charge on any atom is 0.254 e. The number of nitrogens with two attached hydrogens (primary N) is 2. The first-order chi connectivity index (χ1) is 12.4. The SMILES string of the molecule is Cn1ncc(Cl)c1CC1c2ccccc2C(=O)N1CC1CC(N)(CN)C1. The zero-order chi connectivity index (χ0) is 18.5. The van der Waals surface area contributed by atoms with Crippen molar-refractivity contribution in [3.63, 3.8) is 0 Å². The van der Waals surface area contributed by atoms with Crippen molar-refractivity contribution in [1.29, 1.82) is 0 Å². The molecule has 1 amide bonds. The van der Waals surface area contributed by atoms with Gasteiger partial charge in [0.1, 0.15) is 0 Å². The van der Waals surface area contributed by atoms with Crippen molar-refractivity contribution in [1.82, 2.24) is 14.7 Å². The van der Waals surface area contributed by atoms with Crippen LogP contribution in [0.1, 0.15) is 40.5 Å². The van der Waals surface area contributed by atoms with Crippen LogP contribution in [-0.4, -0.2) is 39.2 Å². The van der Waals surface area contributed by atoms with Gasteiger partial charge in [-0.15, -0.1) is 0 Å². The fourth-order valence-corrected chi connectivity index (χ4v) is 4.63. The summed E-state index contributed by atoms with van der Waals surface area (Å²) in [6, 6.07) is 7.81. The van der Waals surface area contributed by atoms with Gasteiger partial charge in [-0.3, -0.25) is 9.48 Å². The van der Waals surface area contributed by atoms with Gasteiger partial charge in [-0.1, -0.05) is 29.8 Å². The highest BCUT2D eigenvalue weighted by atomic mass is 35.5. The number of carbonyl (C=O) groups excluding carboxylic acids is 1. The van der Waals surface area contributed by atoms with Crippen LogP contribution in [-0.2, 0) is 13.5 Å². The fraction of sp³-hybridized carbons (Fsp3) is 0.474. The number of rotatable bonds is 5. The van der Waals surface area contributed by atoms with E-state index in [-0.39, 0.29) is 17.5 Å². The Morgan fingerprint density at radius 3 is 2.73 bits per heavy atom. The molecule has 26 heavy (non-hydrogen) atoms. The van der Waals surface area contributed by atoms with Crippen LogP contribution >= 0.6 is 11.6 Å². The number of carbonyl (C=O) groups is 1. The topological polar surface area (TPSA) is 90.2 Å². The van der Waals surface area contributed by atoms with Crippen LogP contribution in [0.5, 0.6) is 0 Å². The molecule has 6 nitrogen and oxygen atoms in total. The molecule has 1 unspecified atom stereocenters. The lowest BCUT2D eigenvalue weighted by atomic mass is 9.68. The first kappa shape index (κ1) is 17.5. The lowest BCUT2D eigenvalue weighted by Gasteiger charge is -2.46. The van der Waals surface area contributed by atoms with Gasteiger partial charge >= 0.3 is 0 Å². The minimum Gasteiger partial charge on any atom is -0.331 e. The summed E-state index contributed by atoms with van der Waals surface area (Å²) in [7, 11) is 1.88. The van der Waals surface area contributed by atoms with Crippen molar-refractivity contribution < 1.29 is 4.79 Å². The Labute approximate surface area is 158 Å². The molecule has 1 saturated carbocycles. The summed E-state index contributed by atoms with van der Waals surface area (Å²) in [6.45, 7) is 1.19. The van der Waals surface area contributed by atoms with Gasteiger partial charge in [0, 0.05) is 37.7 Å². The van der Waals surface area contributed by atoms with E-state index in [9.17, 15) is 4.79 Å². The maximum absolute atomic E-state index is 13.0. The molecular weight excluding hydrogens is 350 g/mol. The Kier molecular flexibility index (Phi) is 4.29. The summed E-state index contributed by atoms with van der Waals surface area (Å²) in [6.07, 6.45) is 4.03. The third-order valence-corrected chi connectivity index (χ3v) is 6.15. The van der Waals surface area contributed by atoms with Crippen molar-refractivity contribution in [2.24, 2.45) is 24.4 Å². The number of nitrogens with zero attached hydrogens (tertiary/aromatic N) is 3. The molecule has 0 bridgehead atoms. The quantitative estimate of drug-likeness (QED) is 0.837. The first-order valence-electron chi connectivity index (χ1n) is 8.97. The van der Waals surface area contributed by atoms with Crippen LogP contribution in [0.25, 0.3) is 0 Å². The maximum atomic E-state index is 13.0. The van der Waals surface area contributed by atoms with Crippen molar-refractivity contribution in [2.75, 3.05) is 13.1 Å². The second-order valence-corrected chi connectivity index (χ2v) is 8.08. The van der Waals surface area contributed by atoms with Gasteiger partial charge in [-0.05, 0) is 30.4 Å². The van der Waals surface area contributed by atoms with E-state index in [1.54, 1.807) is 10.9 Å². The van der Waals surface area contributed by atoms with Gasteiger partial charge in [0.25, 0.3) is 5.91 Å². The zero-order valence-corrected chi connectivity index (χ0v) is 15.6. The van der Waals surface area contributed by atoms with Crippen molar-refractivity contribution in [2.45, 2.75) is 30.8 Å². The Hall–Kier alpha value is -1.89. The number of hydrogen-bond acceptors (Lipinski definition) is 4. The lowest BCUT2D eigenvalue weighted by molar-refractivity contribution is 0.0548. The lowest BCUT2D eigenvalue weighted by Crippen LogP contribution is -2.59. The molecule has 1 aliphatic carbocycles. The highest BCUT2D eigenvalue weighted by molar-refractivity contribution is 6.31. The molecule has 1 aliphatic heterocycles. The molecule has 0 spiro atoms. The van der Waals surface area contributed by atoms with E-state index < -0.39 is 0 Å². The Balaban J connectivity index is 1.60. The van der Waals surface area contributed by atoms with Crippen LogP contribution in [0.4, 0.5) is 0 Å². The van der Waals surface area contributed by atoms with Gasteiger partial charge in [0.05, 0.1) is 23.0 Å². The molecule has 2 aromatic rings. The monoisotopic (exact) mass is 373 g/mol. The highest BCUT2D eigenvalue weighted by Crippen LogP contribution is 2.41. The van der Waals surface area contributed by atoms with E-state index in [4.69, 9.17) is 23.1 Å².